The summed E-state index contributed by atoms with van der Waals surface area (Å²) in [5, 5.41) is -0.0347. The van der Waals surface area contributed by atoms with Crippen molar-refractivity contribution in [2.45, 2.75) is 6.10 Å². The summed E-state index contributed by atoms with van der Waals surface area (Å²) in [5.41, 5.74) is 6.23. The molecule has 0 aliphatic carbocycles. The van der Waals surface area contributed by atoms with Gasteiger partial charge in [-0.2, -0.15) is 0 Å². The zero-order valence-corrected chi connectivity index (χ0v) is 10.7. The second-order valence-electron chi connectivity index (χ2n) is 3.97. The van der Waals surface area contributed by atoms with E-state index < -0.39 is 11.9 Å². The first-order valence-electron chi connectivity index (χ1n) is 5.67. The summed E-state index contributed by atoms with van der Waals surface area (Å²) in [5.74, 6) is -0.508. The molecule has 0 aliphatic rings. The lowest BCUT2D eigenvalue weighted by atomic mass is 10.1. The second kappa shape index (κ2) is 5.99. The van der Waals surface area contributed by atoms with Crippen molar-refractivity contribution in [3.05, 3.63) is 64.7 Å². The molecule has 2 nitrogen and oxygen atoms in total. The quantitative estimate of drug-likeness (QED) is 0.929. The summed E-state index contributed by atoms with van der Waals surface area (Å²) >= 11 is 5.67. The molecule has 2 aromatic carbocycles. The Hall–Kier alpha value is -1.65. The van der Waals surface area contributed by atoms with Crippen molar-refractivity contribution >= 4 is 11.6 Å². The maximum absolute atomic E-state index is 13.2. The molecular weight excluding hydrogens is 272 g/mol. The molecule has 0 aliphatic heterocycles. The molecule has 0 bridgehead atoms. The van der Waals surface area contributed by atoms with Crippen molar-refractivity contribution in [3.63, 3.8) is 0 Å². The molecule has 0 saturated carbocycles. The largest absolute Gasteiger partial charge is 0.484 e. The zero-order chi connectivity index (χ0) is 13.8. The van der Waals surface area contributed by atoms with Crippen LogP contribution in [-0.4, -0.2) is 6.54 Å². The minimum atomic E-state index is -0.524. The highest BCUT2D eigenvalue weighted by molar-refractivity contribution is 6.30. The van der Waals surface area contributed by atoms with Crippen LogP contribution in [0.15, 0.2) is 42.5 Å². The van der Waals surface area contributed by atoms with E-state index in [2.05, 4.69) is 0 Å². The van der Waals surface area contributed by atoms with Crippen molar-refractivity contribution in [1.82, 2.24) is 0 Å². The number of ether oxygens (including phenoxy) is 1. The Labute approximate surface area is 114 Å². The highest BCUT2D eigenvalue weighted by atomic mass is 35.5. The average Bonchev–Trinajstić information content (AvgIpc) is 2.40. The van der Waals surface area contributed by atoms with Crippen molar-refractivity contribution in [2.24, 2.45) is 5.73 Å². The van der Waals surface area contributed by atoms with E-state index in [-0.39, 0.29) is 17.4 Å². The van der Waals surface area contributed by atoms with E-state index in [0.717, 1.165) is 0 Å². The van der Waals surface area contributed by atoms with Crippen LogP contribution in [0.4, 0.5) is 8.78 Å². The van der Waals surface area contributed by atoms with Gasteiger partial charge in [0.15, 0.2) is 0 Å². The van der Waals surface area contributed by atoms with Crippen molar-refractivity contribution < 1.29 is 13.5 Å². The highest BCUT2D eigenvalue weighted by Gasteiger charge is 2.13. The monoisotopic (exact) mass is 283 g/mol. The van der Waals surface area contributed by atoms with E-state index in [9.17, 15) is 8.78 Å². The summed E-state index contributed by atoms with van der Waals surface area (Å²) < 4.78 is 31.8. The van der Waals surface area contributed by atoms with Gasteiger partial charge in [0.05, 0.1) is 5.02 Å². The SMILES string of the molecule is NCC(Oc1ccc(F)c(Cl)c1)c1cccc(F)c1. The molecule has 2 aromatic rings. The summed E-state index contributed by atoms with van der Waals surface area (Å²) in [6.45, 7) is 0.165. The van der Waals surface area contributed by atoms with Gasteiger partial charge in [-0.15, -0.1) is 0 Å². The molecule has 0 fully saturated rings. The van der Waals surface area contributed by atoms with E-state index in [1.807, 2.05) is 0 Å². The molecule has 0 amide bonds. The van der Waals surface area contributed by atoms with Gasteiger partial charge in [0.25, 0.3) is 0 Å². The minimum absolute atomic E-state index is 0.0347. The number of hydrogen-bond acceptors (Lipinski definition) is 2. The average molecular weight is 284 g/mol. The first-order valence-corrected chi connectivity index (χ1v) is 6.05. The number of nitrogens with two attached hydrogens (primary N) is 1. The van der Waals surface area contributed by atoms with Crippen molar-refractivity contribution in [3.8, 4) is 5.75 Å². The highest BCUT2D eigenvalue weighted by Crippen LogP contribution is 2.26. The summed E-state index contributed by atoms with van der Waals surface area (Å²) in [4.78, 5) is 0. The summed E-state index contributed by atoms with van der Waals surface area (Å²) in [6, 6.07) is 9.99. The van der Waals surface area contributed by atoms with Gasteiger partial charge in [-0.05, 0) is 29.8 Å². The molecule has 5 heteroatoms. The van der Waals surface area contributed by atoms with Crippen LogP contribution in [-0.2, 0) is 0 Å². The predicted molar refractivity (Wildman–Crippen MR) is 70.2 cm³/mol. The van der Waals surface area contributed by atoms with E-state index in [1.54, 1.807) is 12.1 Å². The smallest absolute Gasteiger partial charge is 0.142 e. The predicted octanol–water partition coefficient (Wildman–Crippen LogP) is 3.70. The lowest BCUT2D eigenvalue weighted by Crippen LogP contribution is -2.18. The molecular formula is C14H12ClF2NO. The molecule has 100 valence electrons. The van der Waals surface area contributed by atoms with Gasteiger partial charge in [0.1, 0.15) is 23.5 Å². The summed E-state index contributed by atoms with van der Waals surface area (Å²) in [7, 11) is 0. The van der Waals surface area contributed by atoms with Gasteiger partial charge >= 0.3 is 0 Å². The molecule has 2 rings (SSSR count). The lowest BCUT2D eigenvalue weighted by molar-refractivity contribution is 0.213. The van der Waals surface area contributed by atoms with Crippen LogP contribution in [0.1, 0.15) is 11.7 Å². The van der Waals surface area contributed by atoms with Crippen LogP contribution < -0.4 is 10.5 Å². The molecule has 0 aromatic heterocycles. The maximum atomic E-state index is 13.2. The van der Waals surface area contributed by atoms with Crippen LogP contribution >= 0.6 is 11.6 Å². The number of halogens is 3. The maximum Gasteiger partial charge on any atom is 0.142 e. The first kappa shape index (κ1) is 13.8. The minimum Gasteiger partial charge on any atom is -0.484 e. The van der Waals surface area contributed by atoms with Gasteiger partial charge in [-0.3, -0.25) is 0 Å². The van der Waals surface area contributed by atoms with Crippen LogP contribution in [0, 0.1) is 11.6 Å². The summed E-state index contributed by atoms with van der Waals surface area (Å²) in [6.07, 6.45) is -0.516. The van der Waals surface area contributed by atoms with Gasteiger partial charge in [0, 0.05) is 12.6 Å². The fourth-order valence-electron chi connectivity index (χ4n) is 1.67. The number of hydrogen-bond donors (Lipinski definition) is 1. The molecule has 0 saturated heterocycles. The van der Waals surface area contributed by atoms with E-state index >= 15 is 0 Å². The normalized spacial score (nSPS) is 12.2. The lowest BCUT2D eigenvalue weighted by Gasteiger charge is -2.18. The van der Waals surface area contributed by atoms with Crippen molar-refractivity contribution in [1.29, 1.82) is 0 Å². The van der Waals surface area contributed by atoms with Crippen LogP contribution in [0.5, 0.6) is 5.75 Å². The molecule has 0 heterocycles. The van der Waals surface area contributed by atoms with E-state index in [1.165, 1.54) is 30.3 Å². The fraction of sp³-hybridized carbons (Fsp3) is 0.143. The van der Waals surface area contributed by atoms with Gasteiger partial charge in [-0.1, -0.05) is 23.7 Å². The molecule has 1 unspecified atom stereocenters. The third-order valence-electron chi connectivity index (χ3n) is 2.60. The Morgan fingerprint density at radius 1 is 1.16 bits per heavy atom. The molecule has 2 N–H and O–H groups in total. The van der Waals surface area contributed by atoms with Gasteiger partial charge in [-0.25, -0.2) is 8.78 Å². The molecule has 0 spiro atoms. The third-order valence-corrected chi connectivity index (χ3v) is 2.89. The first-order chi connectivity index (χ1) is 9.10. The van der Waals surface area contributed by atoms with Crippen LogP contribution in [0.3, 0.4) is 0 Å². The second-order valence-corrected chi connectivity index (χ2v) is 4.38. The Bertz CT molecular complexity index is 577. The van der Waals surface area contributed by atoms with E-state index in [4.69, 9.17) is 22.1 Å². The standard InChI is InChI=1S/C14H12ClF2NO/c15-12-7-11(4-5-13(12)17)19-14(8-18)9-2-1-3-10(16)6-9/h1-7,14H,8,18H2. The Kier molecular flexibility index (Phi) is 4.35. The number of rotatable bonds is 4. The van der Waals surface area contributed by atoms with Crippen molar-refractivity contribution in [2.75, 3.05) is 6.54 Å². The molecule has 0 radical (unpaired) electrons. The van der Waals surface area contributed by atoms with Gasteiger partial charge in [0.2, 0.25) is 0 Å². The molecule has 19 heavy (non-hydrogen) atoms. The van der Waals surface area contributed by atoms with Gasteiger partial charge < -0.3 is 10.5 Å². The zero-order valence-electron chi connectivity index (χ0n) is 9.95. The fourth-order valence-corrected chi connectivity index (χ4v) is 1.84. The van der Waals surface area contributed by atoms with E-state index in [0.29, 0.717) is 11.3 Å². The Morgan fingerprint density at radius 2 is 1.95 bits per heavy atom. The Morgan fingerprint density at radius 3 is 2.58 bits per heavy atom. The topological polar surface area (TPSA) is 35.2 Å². The van der Waals surface area contributed by atoms with Crippen LogP contribution in [0.25, 0.3) is 0 Å². The molecule has 1 atom stereocenters. The number of benzene rings is 2. The Balaban J connectivity index is 2.21. The van der Waals surface area contributed by atoms with Crippen LogP contribution in [0.2, 0.25) is 5.02 Å². The third kappa shape index (κ3) is 3.43.